The Morgan fingerprint density at radius 3 is 2.80 bits per heavy atom. The van der Waals surface area contributed by atoms with Crippen LogP contribution in [0.25, 0.3) is 21.9 Å². The molecule has 0 aliphatic carbocycles. The summed E-state index contributed by atoms with van der Waals surface area (Å²) in [4.78, 5) is 6.68. The van der Waals surface area contributed by atoms with Crippen LogP contribution in [0.1, 0.15) is 0 Å². The van der Waals surface area contributed by atoms with Gasteiger partial charge in [0.1, 0.15) is 11.0 Å². The van der Waals surface area contributed by atoms with Gasteiger partial charge in [0.25, 0.3) is 0 Å². The van der Waals surface area contributed by atoms with Crippen molar-refractivity contribution in [3.63, 3.8) is 0 Å². The van der Waals surface area contributed by atoms with Crippen LogP contribution in [0.2, 0.25) is 0 Å². The first-order chi connectivity index (χ1) is 9.90. The number of para-hydroxylation sites is 1. The van der Waals surface area contributed by atoms with Crippen molar-refractivity contribution >= 4 is 33.7 Å². The summed E-state index contributed by atoms with van der Waals surface area (Å²) in [6.07, 6.45) is 1.82. The number of nitrogens with zero attached hydrogens (tertiary/aromatic N) is 3. The van der Waals surface area contributed by atoms with Gasteiger partial charge in [0.2, 0.25) is 0 Å². The highest BCUT2D eigenvalue weighted by molar-refractivity contribution is 7.99. The molecule has 0 atom stereocenters. The number of aromatic nitrogens is 3. The van der Waals surface area contributed by atoms with E-state index in [2.05, 4.69) is 33.5 Å². The molecule has 0 saturated heterocycles. The molecule has 0 amide bonds. The molecule has 0 spiro atoms. The van der Waals surface area contributed by atoms with Gasteiger partial charge in [0, 0.05) is 21.4 Å². The Balaban J connectivity index is 1.80. The summed E-state index contributed by atoms with van der Waals surface area (Å²) in [7, 11) is 0. The van der Waals surface area contributed by atoms with Crippen molar-refractivity contribution in [2.45, 2.75) is 9.79 Å². The second kappa shape index (κ2) is 4.61. The lowest BCUT2D eigenvalue weighted by Gasteiger charge is -2.05. The Hall–Kier alpha value is -2.40. The van der Waals surface area contributed by atoms with E-state index in [1.807, 2.05) is 36.5 Å². The fraction of sp³-hybridized carbons (Fsp3) is 0. The maximum atomic E-state index is 4.72. The lowest BCUT2D eigenvalue weighted by molar-refractivity contribution is 0.315. The zero-order valence-electron chi connectivity index (χ0n) is 10.4. The van der Waals surface area contributed by atoms with E-state index < -0.39 is 0 Å². The van der Waals surface area contributed by atoms with Gasteiger partial charge < -0.3 is 0 Å². The number of rotatable bonds is 2. The summed E-state index contributed by atoms with van der Waals surface area (Å²) >= 11 is 1.66. The molecule has 0 aliphatic heterocycles. The minimum atomic E-state index is 0.767. The van der Waals surface area contributed by atoms with Crippen LogP contribution in [-0.4, -0.2) is 15.3 Å². The van der Waals surface area contributed by atoms with Crippen LogP contribution in [-0.2, 0) is 0 Å². The van der Waals surface area contributed by atoms with Crippen molar-refractivity contribution in [1.29, 1.82) is 0 Å². The van der Waals surface area contributed by atoms with Crippen LogP contribution in [0.3, 0.4) is 0 Å². The second-order valence-corrected chi connectivity index (χ2v) is 5.46. The van der Waals surface area contributed by atoms with E-state index in [9.17, 15) is 0 Å². The quantitative estimate of drug-likeness (QED) is 0.556. The summed E-state index contributed by atoms with van der Waals surface area (Å²) in [6, 6.07) is 16.1. The fourth-order valence-electron chi connectivity index (χ4n) is 2.11. The predicted molar refractivity (Wildman–Crippen MR) is 77.7 cm³/mol. The number of hydrogen-bond donors (Lipinski definition) is 0. The largest absolute Gasteiger partial charge is 0.255 e. The third-order valence-electron chi connectivity index (χ3n) is 3.05. The van der Waals surface area contributed by atoms with E-state index in [1.165, 1.54) is 0 Å². The molecule has 4 rings (SSSR count). The Labute approximate surface area is 118 Å². The van der Waals surface area contributed by atoms with Crippen LogP contribution >= 0.6 is 11.8 Å². The third-order valence-corrected chi connectivity index (χ3v) is 4.09. The summed E-state index contributed by atoms with van der Waals surface area (Å²) in [5, 5.41) is 8.82. The molecule has 0 unspecified atom stereocenters. The van der Waals surface area contributed by atoms with E-state index >= 15 is 0 Å². The zero-order chi connectivity index (χ0) is 13.4. The Bertz CT molecular complexity index is 898. The number of benzene rings is 2. The normalized spacial score (nSPS) is 11.2. The van der Waals surface area contributed by atoms with Gasteiger partial charge in [-0.2, -0.15) is 0 Å². The van der Waals surface area contributed by atoms with Crippen LogP contribution in [0, 0.1) is 0 Å². The van der Waals surface area contributed by atoms with E-state index in [1.54, 1.807) is 11.8 Å². The highest BCUT2D eigenvalue weighted by Gasteiger charge is 2.06. The molecule has 4 aromatic rings. The molecule has 96 valence electrons. The van der Waals surface area contributed by atoms with Gasteiger partial charge in [0.05, 0.1) is 5.52 Å². The summed E-state index contributed by atoms with van der Waals surface area (Å²) in [6.45, 7) is 0. The van der Waals surface area contributed by atoms with Crippen molar-refractivity contribution < 1.29 is 4.63 Å². The van der Waals surface area contributed by atoms with Crippen molar-refractivity contribution in [3.05, 3.63) is 54.7 Å². The molecule has 0 saturated carbocycles. The van der Waals surface area contributed by atoms with Gasteiger partial charge in [-0.3, -0.25) is 4.98 Å². The lowest BCUT2D eigenvalue weighted by atomic mass is 10.2. The van der Waals surface area contributed by atoms with Crippen molar-refractivity contribution in [3.8, 4) is 0 Å². The van der Waals surface area contributed by atoms with Gasteiger partial charge in [-0.15, -0.1) is 0 Å². The van der Waals surface area contributed by atoms with Crippen LogP contribution in [0.4, 0.5) is 0 Å². The molecular formula is C15H9N3OS. The topological polar surface area (TPSA) is 51.8 Å². The monoisotopic (exact) mass is 279 g/mol. The minimum absolute atomic E-state index is 0.767. The van der Waals surface area contributed by atoms with Crippen molar-refractivity contribution in [2.24, 2.45) is 0 Å². The van der Waals surface area contributed by atoms with Crippen LogP contribution in [0.5, 0.6) is 0 Å². The summed E-state index contributed by atoms with van der Waals surface area (Å²) < 4.78 is 4.72. The molecule has 2 heterocycles. The molecule has 0 radical (unpaired) electrons. The third kappa shape index (κ3) is 1.92. The standard InChI is InChI=1S/C15H9N3OS/c1-3-10-4-2-8-16-15(10)14(5-1)20-11-6-7-12-13(9-11)18-19-17-12/h1-9H. The predicted octanol–water partition coefficient (Wildman–Crippen LogP) is 3.92. The summed E-state index contributed by atoms with van der Waals surface area (Å²) in [5.74, 6) is 0. The molecule has 20 heavy (non-hydrogen) atoms. The second-order valence-electron chi connectivity index (χ2n) is 4.35. The van der Waals surface area contributed by atoms with E-state index in [4.69, 9.17) is 4.63 Å². The molecular weight excluding hydrogens is 270 g/mol. The smallest absolute Gasteiger partial charge is 0.136 e. The first-order valence-electron chi connectivity index (χ1n) is 6.14. The highest BCUT2D eigenvalue weighted by Crippen LogP contribution is 2.33. The maximum Gasteiger partial charge on any atom is 0.136 e. The maximum absolute atomic E-state index is 4.72. The molecule has 5 heteroatoms. The minimum Gasteiger partial charge on any atom is -0.255 e. The fourth-order valence-corrected chi connectivity index (χ4v) is 3.09. The average Bonchev–Trinajstić information content (AvgIpc) is 2.95. The number of hydrogen-bond acceptors (Lipinski definition) is 5. The average molecular weight is 279 g/mol. The Kier molecular flexibility index (Phi) is 2.63. The van der Waals surface area contributed by atoms with Gasteiger partial charge in [-0.1, -0.05) is 30.0 Å². The SMILES string of the molecule is c1cnc2c(Sc3ccc4nonc4c3)cccc2c1. The molecule has 2 aromatic heterocycles. The van der Waals surface area contributed by atoms with E-state index in [0.29, 0.717) is 0 Å². The number of pyridine rings is 1. The lowest BCUT2D eigenvalue weighted by Crippen LogP contribution is -1.82. The Morgan fingerprint density at radius 2 is 1.80 bits per heavy atom. The van der Waals surface area contributed by atoms with Gasteiger partial charge in [-0.25, -0.2) is 4.63 Å². The molecule has 4 nitrogen and oxygen atoms in total. The van der Waals surface area contributed by atoms with Gasteiger partial charge in [-0.05, 0) is 40.6 Å². The molecule has 0 aliphatic rings. The van der Waals surface area contributed by atoms with E-state index in [-0.39, 0.29) is 0 Å². The van der Waals surface area contributed by atoms with Gasteiger partial charge >= 0.3 is 0 Å². The van der Waals surface area contributed by atoms with Crippen molar-refractivity contribution in [2.75, 3.05) is 0 Å². The first-order valence-corrected chi connectivity index (χ1v) is 6.96. The molecule has 0 bridgehead atoms. The first kappa shape index (κ1) is 11.4. The van der Waals surface area contributed by atoms with Gasteiger partial charge in [0.15, 0.2) is 0 Å². The Morgan fingerprint density at radius 1 is 0.900 bits per heavy atom. The molecule has 2 aromatic carbocycles. The molecule has 0 fully saturated rings. The number of fused-ring (bicyclic) bond motifs is 2. The summed E-state index contributed by atoms with van der Waals surface area (Å²) in [5.41, 5.74) is 2.55. The van der Waals surface area contributed by atoms with Crippen molar-refractivity contribution in [1.82, 2.24) is 15.3 Å². The molecule has 0 N–H and O–H groups in total. The zero-order valence-corrected chi connectivity index (χ0v) is 11.2. The van der Waals surface area contributed by atoms with Crippen LogP contribution < -0.4 is 0 Å². The van der Waals surface area contributed by atoms with E-state index in [0.717, 1.165) is 31.7 Å². The highest BCUT2D eigenvalue weighted by atomic mass is 32.2. The van der Waals surface area contributed by atoms with Crippen LogP contribution in [0.15, 0.2) is 69.1 Å².